The summed E-state index contributed by atoms with van der Waals surface area (Å²) in [4.78, 5) is 34.6. The maximum absolute atomic E-state index is 13.3. The molecular weight excluding hydrogens is 517 g/mol. The van der Waals surface area contributed by atoms with Crippen LogP contribution in [0.15, 0.2) is 71.9 Å². The SMILES string of the molecule is COCC(C)Nc1n[nH]c2nccc(Oc3ccc(NC(=O)c4cc(C)cn(-c5ccc(F)cc5)c4=O)nc3)c12. The van der Waals surface area contributed by atoms with Crippen LogP contribution in [0.25, 0.3) is 16.7 Å². The second-order valence-corrected chi connectivity index (χ2v) is 9.12. The van der Waals surface area contributed by atoms with Crippen molar-refractivity contribution in [1.29, 1.82) is 0 Å². The predicted molar refractivity (Wildman–Crippen MR) is 148 cm³/mol. The Labute approximate surface area is 228 Å². The van der Waals surface area contributed by atoms with Crippen LogP contribution in [0.1, 0.15) is 22.8 Å². The number of pyridine rings is 3. The number of carbonyl (C=O) groups is 1. The van der Waals surface area contributed by atoms with E-state index in [0.29, 0.717) is 46.2 Å². The van der Waals surface area contributed by atoms with Crippen molar-refractivity contribution in [2.24, 2.45) is 0 Å². The molecule has 0 aliphatic carbocycles. The molecule has 12 heteroatoms. The molecule has 5 aromatic rings. The van der Waals surface area contributed by atoms with Gasteiger partial charge in [0, 0.05) is 37.3 Å². The van der Waals surface area contributed by atoms with Gasteiger partial charge in [0.05, 0.1) is 12.8 Å². The van der Waals surface area contributed by atoms with Crippen molar-refractivity contribution in [1.82, 2.24) is 24.7 Å². The first-order valence-corrected chi connectivity index (χ1v) is 12.4. The van der Waals surface area contributed by atoms with E-state index in [1.807, 2.05) is 6.92 Å². The average Bonchev–Trinajstić information content (AvgIpc) is 3.35. The monoisotopic (exact) mass is 543 g/mol. The van der Waals surface area contributed by atoms with Gasteiger partial charge in [-0.2, -0.15) is 5.10 Å². The molecule has 4 aromatic heterocycles. The number of H-pyrrole nitrogens is 1. The zero-order chi connectivity index (χ0) is 28.2. The number of aryl methyl sites for hydroxylation is 1. The van der Waals surface area contributed by atoms with Crippen molar-refractivity contribution in [3.05, 3.63) is 94.4 Å². The first kappa shape index (κ1) is 26.5. The predicted octanol–water partition coefficient (Wildman–Crippen LogP) is 4.44. The summed E-state index contributed by atoms with van der Waals surface area (Å²) in [5.74, 6) is 0.672. The fraction of sp³-hybridized carbons (Fsp3) is 0.179. The molecule has 0 fully saturated rings. The second kappa shape index (κ2) is 11.3. The molecule has 40 heavy (non-hydrogen) atoms. The van der Waals surface area contributed by atoms with Gasteiger partial charge < -0.3 is 20.1 Å². The first-order valence-electron chi connectivity index (χ1n) is 12.4. The molecular formula is C28H26FN7O4. The summed E-state index contributed by atoms with van der Waals surface area (Å²) in [6.45, 7) is 4.22. The van der Waals surface area contributed by atoms with Crippen molar-refractivity contribution in [2.75, 3.05) is 24.4 Å². The van der Waals surface area contributed by atoms with E-state index in [0.717, 1.165) is 0 Å². The summed E-state index contributed by atoms with van der Waals surface area (Å²) in [5.41, 5.74) is 1.05. The molecule has 1 aromatic carbocycles. The number of nitrogens with zero attached hydrogens (tertiary/aromatic N) is 4. The van der Waals surface area contributed by atoms with Crippen LogP contribution in [-0.2, 0) is 4.74 Å². The molecule has 0 aliphatic rings. The number of benzene rings is 1. The topological polar surface area (TPSA) is 136 Å². The van der Waals surface area contributed by atoms with Crippen molar-refractivity contribution in [3.63, 3.8) is 0 Å². The Morgan fingerprint density at radius 2 is 1.95 bits per heavy atom. The molecule has 11 nitrogen and oxygen atoms in total. The number of aromatic nitrogens is 5. The number of carbonyl (C=O) groups excluding carboxylic acids is 1. The van der Waals surface area contributed by atoms with Crippen molar-refractivity contribution >= 4 is 28.6 Å². The van der Waals surface area contributed by atoms with Crippen LogP contribution in [0.3, 0.4) is 0 Å². The zero-order valence-electron chi connectivity index (χ0n) is 21.9. The van der Waals surface area contributed by atoms with E-state index in [4.69, 9.17) is 9.47 Å². The van der Waals surface area contributed by atoms with Gasteiger partial charge in [-0.1, -0.05) is 0 Å². The summed E-state index contributed by atoms with van der Waals surface area (Å²) in [6.07, 6.45) is 4.64. The summed E-state index contributed by atoms with van der Waals surface area (Å²) >= 11 is 0. The lowest BCUT2D eigenvalue weighted by Gasteiger charge is -2.13. The number of rotatable bonds is 9. The zero-order valence-corrected chi connectivity index (χ0v) is 21.9. The van der Waals surface area contributed by atoms with E-state index in [1.165, 1.54) is 41.1 Å². The molecule has 0 saturated heterocycles. The lowest BCUT2D eigenvalue weighted by atomic mass is 10.2. The van der Waals surface area contributed by atoms with Crippen molar-refractivity contribution in [3.8, 4) is 17.2 Å². The molecule has 5 rings (SSSR count). The number of hydrogen-bond donors (Lipinski definition) is 3. The third kappa shape index (κ3) is 5.66. The fourth-order valence-corrected chi connectivity index (χ4v) is 4.14. The van der Waals surface area contributed by atoms with E-state index >= 15 is 0 Å². The number of methoxy groups -OCH3 is 1. The van der Waals surface area contributed by atoms with Gasteiger partial charge >= 0.3 is 0 Å². The number of fused-ring (bicyclic) bond motifs is 1. The summed E-state index contributed by atoms with van der Waals surface area (Å²) in [6, 6.07) is 11.9. The second-order valence-electron chi connectivity index (χ2n) is 9.12. The van der Waals surface area contributed by atoms with E-state index in [2.05, 4.69) is 30.8 Å². The summed E-state index contributed by atoms with van der Waals surface area (Å²) in [7, 11) is 1.63. The highest BCUT2D eigenvalue weighted by molar-refractivity contribution is 6.03. The minimum Gasteiger partial charge on any atom is -0.455 e. The lowest BCUT2D eigenvalue weighted by molar-refractivity contribution is 0.102. The highest BCUT2D eigenvalue weighted by Crippen LogP contribution is 2.33. The number of amides is 1. The Bertz CT molecular complexity index is 1720. The minimum atomic E-state index is -0.624. The smallest absolute Gasteiger partial charge is 0.267 e. The van der Waals surface area contributed by atoms with Crippen LogP contribution < -0.4 is 20.9 Å². The highest BCUT2D eigenvalue weighted by Gasteiger charge is 2.17. The molecule has 1 atom stereocenters. The van der Waals surface area contributed by atoms with Crippen molar-refractivity contribution in [2.45, 2.75) is 19.9 Å². The van der Waals surface area contributed by atoms with Crippen LogP contribution >= 0.6 is 0 Å². The standard InChI is InChI=1S/C28H26FN7O4/c1-16-12-21(28(38)36(14-16)19-6-4-18(29)5-7-19)27(37)33-23-9-8-20(13-31-23)40-22-10-11-30-25-24(22)26(35-34-25)32-17(2)15-39-3/h4-14,17H,15H2,1-3H3,(H,31,33,37)(H2,30,32,34,35). The molecule has 0 radical (unpaired) electrons. The van der Waals surface area contributed by atoms with Crippen LogP contribution in [0.2, 0.25) is 0 Å². The number of nitrogens with one attached hydrogen (secondary N) is 3. The number of hydrogen-bond acceptors (Lipinski definition) is 8. The van der Waals surface area contributed by atoms with Crippen LogP contribution in [0, 0.1) is 12.7 Å². The molecule has 4 heterocycles. The van der Waals surface area contributed by atoms with Gasteiger partial charge in [-0.3, -0.25) is 19.3 Å². The number of aromatic amines is 1. The maximum atomic E-state index is 13.3. The molecule has 0 spiro atoms. The summed E-state index contributed by atoms with van der Waals surface area (Å²) < 4.78 is 25.9. The molecule has 0 aliphatic heterocycles. The first-order chi connectivity index (χ1) is 19.3. The minimum absolute atomic E-state index is 0.00215. The molecule has 0 bridgehead atoms. The Morgan fingerprint density at radius 3 is 2.67 bits per heavy atom. The van der Waals surface area contributed by atoms with Gasteiger partial charge in [0.2, 0.25) is 0 Å². The van der Waals surface area contributed by atoms with Crippen LogP contribution in [-0.4, -0.2) is 50.4 Å². The average molecular weight is 544 g/mol. The molecule has 3 N–H and O–H groups in total. The van der Waals surface area contributed by atoms with Gasteiger partial charge in [0.25, 0.3) is 11.5 Å². The van der Waals surface area contributed by atoms with Crippen LogP contribution in [0.5, 0.6) is 11.5 Å². The quantitative estimate of drug-likeness (QED) is 0.248. The Morgan fingerprint density at radius 1 is 1.15 bits per heavy atom. The molecule has 204 valence electrons. The maximum Gasteiger partial charge on any atom is 0.267 e. The molecule has 1 amide bonds. The summed E-state index contributed by atoms with van der Waals surface area (Å²) in [5, 5.41) is 13.8. The van der Waals surface area contributed by atoms with E-state index in [9.17, 15) is 14.0 Å². The Kier molecular flexibility index (Phi) is 7.51. The van der Waals surface area contributed by atoms with Gasteiger partial charge in [-0.05, 0) is 61.9 Å². The molecule has 1 unspecified atom stereocenters. The van der Waals surface area contributed by atoms with E-state index < -0.39 is 17.3 Å². The fourth-order valence-electron chi connectivity index (χ4n) is 4.14. The number of anilines is 2. The largest absolute Gasteiger partial charge is 0.455 e. The van der Waals surface area contributed by atoms with E-state index in [1.54, 1.807) is 44.6 Å². The Balaban J connectivity index is 1.34. The van der Waals surface area contributed by atoms with Gasteiger partial charge in [0.15, 0.2) is 11.5 Å². The van der Waals surface area contributed by atoms with Gasteiger partial charge in [0.1, 0.15) is 34.1 Å². The van der Waals surface area contributed by atoms with Crippen molar-refractivity contribution < 1.29 is 18.7 Å². The van der Waals surface area contributed by atoms with Gasteiger partial charge in [-0.15, -0.1) is 0 Å². The normalized spacial score (nSPS) is 11.8. The van der Waals surface area contributed by atoms with Crippen LogP contribution in [0.4, 0.5) is 16.0 Å². The number of ether oxygens (including phenoxy) is 2. The Hall–Kier alpha value is -5.10. The lowest BCUT2D eigenvalue weighted by Crippen LogP contribution is -2.28. The third-order valence-electron chi connectivity index (χ3n) is 5.93. The molecule has 0 saturated carbocycles. The highest BCUT2D eigenvalue weighted by atomic mass is 19.1. The van der Waals surface area contributed by atoms with E-state index in [-0.39, 0.29) is 17.4 Å². The van der Waals surface area contributed by atoms with Gasteiger partial charge in [-0.25, -0.2) is 14.4 Å². The third-order valence-corrected chi connectivity index (χ3v) is 5.93. The number of halogens is 1.